The number of carbonyl (C=O) groups excluding carboxylic acids is 3. The van der Waals surface area contributed by atoms with Crippen molar-refractivity contribution in [1.82, 2.24) is 20.7 Å². The number of para-hydroxylation sites is 1. The molecule has 12 heteroatoms. The number of rotatable bonds is 8. The van der Waals surface area contributed by atoms with E-state index in [4.69, 9.17) is 33.1 Å². The molecule has 2 atom stereocenters. The fraction of sp³-hybridized carbons (Fsp3) is 0.231. The third kappa shape index (κ3) is 5.99. The van der Waals surface area contributed by atoms with E-state index < -0.39 is 29.4 Å². The third-order valence-corrected chi connectivity index (χ3v) is 6.63. The van der Waals surface area contributed by atoms with Gasteiger partial charge >= 0.3 is 6.03 Å². The van der Waals surface area contributed by atoms with Gasteiger partial charge in [-0.2, -0.15) is 0 Å². The van der Waals surface area contributed by atoms with Crippen LogP contribution in [0.3, 0.4) is 0 Å². The van der Waals surface area contributed by atoms with Crippen molar-refractivity contribution in [1.29, 1.82) is 0 Å². The van der Waals surface area contributed by atoms with Crippen LogP contribution in [0.2, 0.25) is 10.3 Å². The lowest BCUT2D eigenvalue weighted by Crippen LogP contribution is -2.55. The van der Waals surface area contributed by atoms with E-state index in [9.17, 15) is 14.4 Å². The summed E-state index contributed by atoms with van der Waals surface area (Å²) in [5, 5.41) is 15.1. The summed E-state index contributed by atoms with van der Waals surface area (Å²) in [4.78, 5) is 43.9. The first kappa shape index (κ1) is 27.2. The normalized spacial score (nSPS) is 17.6. The van der Waals surface area contributed by atoms with Gasteiger partial charge in [0.2, 0.25) is 0 Å². The summed E-state index contributed by atoms with van der Waals surface area (Å²) in [5.74, 6) is -0.702. The van der Waals surface area contributed by atoms with Crippen molar-refractivity contribution in [3.8, 4) is 5.75 Å². The Hall–Kier alpha value is -3.86. The fourth-order valence-corrected chi connectivity index (χ4v) is 4.79. The van der Waals surface area contributed by atoms with Crippen molar-refractivity contribution in [3.05, 3.63) is 88.2 Å². The Morgan fingerprint density at radius 2 is 1.76 bits per heavy atom. The van der Waals surface area contributed by atoms with Crippen LogP contribution < -0.4 is 20.9 Å². The molecule has 3 aromatic rings. The summed E-state index contributed by atoms with van der Waals surface area (Å²) in [7, 11) is 0. The van der Waals surface area contributed by atoms with E-state index in [1.807, 2.05) is 6.07 Å². The molecule has 2 heterocycles. The lowest BCUT2D eigenvalue weighted by atomic mass is 9.88. The average Bonchev–Trinajstić information content (AvgIpc) is 3.23. The molecule has 1 fully saturated rings. The molecule has 2 aromatic carbocycles. The van der Waals surface area contributed by atoms with Crippen molar-refractivity contribution in [2.75, 3.05) is 11.9 Å². The van der Waals surface area contributed by atoms with Gasteiger partial charge in [-0.3, -0.25) is 14.8 Å². The molecule has 0 aliphatic carbocycles. The van der Waals surface area contributed by atoms with Crippen LogP contribution in [0.25, 0.3) is 0 Å². The molecule has 38 heavy (non-hydrogen) atoms. The molecular weight excluding hydrogens is 533 g/mol. The number of hydrogen-bond acceptors (Lipinski definition) is 6. The van der Waals surface area contributed by atoms with Crippen molar-refractivity contribution >= 4 is 46.7 Å². The second kappa shape index (κ2) is 11.7. The van der Waals surface area contributed by atoms with E-state index in [-0.39, 0.29) is 29.9 Å². The summed E-state index contributed by atoms with van der Waals surface area (Å²) in [6, 6.07) is 17.3. The number of ether oxygens (including phenoxy) is 1. The molecule has 4 rings (SSSR count). The Balaban J connectivity index is 1.57. The van der Waals surface area contributed by atoms with E-state index in [1.165, 1.54) is 11.8 Å². The van der Waals surface area contributed by atoms with Gasteiger partial charge in [0, 0.05) is 18.7 Å². The second-order valence-corrected chi connectivity index (χ2v) is 9.46. The molecule has 0 spiro atoms. The van der Waals surface area contributed by atoms with Crippen molar-refractivity contribution < 1.29 is 24.3 Å². The van der Waals surface area contributed by atoms with Crippen LogP contribution in [0.1, 0.15) is 24.5 Å². The highest BCUT2D eigenvalue weighted by Crippen LogP contribution is 2.36. The number of hydroxylamine groups is 1. The zero-order valence-electron chi connectivity index (χ0n) is 20.3. The van der Waals surface area contributed by atoms with Crippen LogP contribution in [0.5, 0.6) is 5.75 Å². The Morgan fingerprint density at radius 1 is 1.11 bits per heavy atom. The highest BCUT2D eigenvalue weighted by molar-refractivity contribution is 6.32. The minimum absolute atomic E-state index is 0.181. The summed E-state index contributed by atoms with van der Waals surface area (Å²) >= 11 is 11.9. The first-order valence-corrected chi connectivity index (χ1v) is 12.4. The maximum atomic E-state index is 13.7. The van der Waals surface area contributed by atoms with E-state index in [0.717, 1.165) is 5.56 Å². The summed E-state index contributed by atoms with van der Waals surface area (Å²) in [6.45, 7) is 1.86. The molecule has 1 saturated heterocycles. The predicted molar refractivity (Wildman–Crippen MR) is 141 cm³/mol. The molecule has 0 bridgehead atoms. The van der Waals surface area contributed by atoms with Crippen LogP contribution >= 0.6 is 23.2 Å². The standard InChI is InChI=1S/C26H25Cl2N5O5/c1-16(23(34)32-37)33-12-11-26(24(33)35,31-25(36)29-19-5-3-2-4-6-19)18-7-9-20(10-8-18)38-15-17-13-21(27)30-22(28)14-17/h2-10,13-14,16,37H,11-12,15H2,1H3,(H,32,34)(H2,29,31,36)/t16?,26-/m1/s1. The number of nitrogens with one attached hydrogen (secondary N) is 3. The Morgan fingerprint density at radius 3 is 2.39 bits per heavy atom. The third-order valence-electron chi connectivity index (χ3n) is 6.24. The summed E-state index contributed by atoms with van der Waals surface area (Å²) in [6.07, 6.45) is 0.200. The first-order chi connectivity index (χ1) is 18.2. The lowest BCUT2D eigenvalue weighted by molar-refractivity contribution is -0.143. The van der Waals surface area contributed by atoms with Crippen LogP contribution in [0.15, 0.2) is 66.7 Å². The zero-order chi connectivity index (χ0) is 27.3. The quantitative estimate of drug-likeness (QED) is 0.187. The molecule has 0 radical (unpaired) electrons. The van der Waals surface area contributed by atoms with Gasteiger partial charge in [-0.1, -0.05) is 53.5 Å². The Bertz CT molecular complexity index is 1310. The molecule has 4 N–H and O–H groups in total. The van der Waals surface area contributed by atoms with E-state index >= 15 is 0 Å². The number of anilines is 1. The maximum absolute atomic E-state index is 13.7. The first-order valence-electron chi connectivity index (χ1n) is 11.7. The van der Waals surface area contributed by atoms with Crippen LogP contribution in [0, 0.1) is 0 Å². The van der Waals surface area contributed by atoms with Gasteiger partial charge in [0.1, 0.15) is 34.2 Å². The highest BCUT2D eigenvalue weighted by atomic mass is 35.5. The molecule has 1 unspecified atom stereocenters. The number of pyridine rings is 1. The number of aromatic nitrogens is 1. The van der Waals surface area contributed by atoms with E-state index in [1.54, 1.807) is 66.1 Å². The van der Waals surface area contributed by atoms with Gasteiger partial charge < -0.3 is 20.3 Å². The van der Waals surface area contributed by atoms with Gasteiger partial charge in [-0.15, -0.1) is 0 Å². The van der Waals surface area contributed by atoms with E-state index in [0.29, 0.717) is 17.0 Å². The zero-order valence-corrected chi connectivity index (χ0v) is 21.8. The lowest BCUT2D eigenvalue weighted by Gasteiger charge is -2.31. The van der Waals surface area contributed by atoms with Crippen molar-refractivity contribution in [2.45, 2.75) is 31.5 Å². The van der Waals surface area contributed by atoms with Crippen molar-refractivity contribution in [3.63, 3.8) is 0 Å². The van der Waals surface area contributed by atoms with Crippen LogP contribution in [-0.2, 0) is 21.7 Å². The van der Waals surface area contributed by atoms with Gasteiger partial charge in [0.15, 0.2) is 0 Å². The molecule has 1 aromatic heterocycles. The average molecular weight is 558 g/mol. The largest absolute Gasteiger partial charge is 0.489 e. The van der Waals surface area contributed by atoms with Gasteiger partial charge in [-0.25, -0.2) is 15.3 Å². The van der Waals surface area contributed by atoms with Crippen LogP contribution in [-0.4, -0.2) is 45.5 Å². The Labute approximate surface area is 228 Å². The molecule has 10 nitrogen and oxygen atoms in total. The minimum Gasteiger partial charge on any atom is -0.489 e. The van der Waals surface area contributed by atoms with Gasteiger partial charge in [-0.05, 0) is 54.4 Å². The smallest absolute Gasteiger partial charge is 0.320 e. The topological polar surface area (TPSA) is 133 Å². The fourth-order valence-electron chi connectivity index (χ4n) is 4.28. The number of benzene rings is 2. The number of likely N-dealkylation sites (tertiary alicyclic amines) is 1. The maximum Gasteiger partial charge on any atom is 0.320 e. The minimum atomic E-state index is -1.45. The molecular formula is C26H25Cl2N5O5. The highest BCUT2D eigenvalue weighted by Gasteiger charge is 2.51. The van der Waals surface area contributed by atoms with Crippen LogP contribution in [0.4, 0.5) is 10.5 Å². The molecule has 1 aliphatic rings. The number of halogens is 2. The summed E-state index contributed by atoms with van der Waals surface area (Å²) < 4.78 is 5.82. The van der Waals surface area contributed by atoms with Gasteiger partial charge in [0.25, 0.3) is 11.8 Å². The van der Waals surface area contributed by atoms with Gasteiger partial charge in [0.05, 0.1) is 0 Å². The predicted octanol–water partition coefficient (Wildman–Crippen LogP) is 4.11. The number of urea groups is 1. The monoisotopic (exact) mass is 557 g/mol. The molecule has 0 saturated carbocycles. The molecule has 1 aliphatic heterocycles. The number of nitrogens with zero attached hydrogens (tertiary/aromatic N) is 2. The number of amides is 4. The second-order valence-electron chi connectivity index (χ2n) is 8.68. The number of carbonyl (C=O) groups is 3. The SMILES string of the molecule is CC(C(=O)NO)N1CC[C@@](NC(=O)Nc2ccccc2)(c2ccc(OCc3cc(Cl)nc(Cl)c3)cc2)C1=O. The summed E-state index contributed by atoms with van der Waals surface area (Å²) in [5.41, 5.74) is 1.91. The van der Waals surface area contributed by atoms with Crippen molar-refractivity contribution in [2.24, 2.45) is 0 Å². The Kier molecular flexibility index (Phi) is 8.35. The molecule has 198 valence electrons. The molecule has 4 amide bonds. The van der Waals surface area contributed by atoms with E-state index in [2.05, 4.69) is 15.6 Å². The number of hydrogen-bond donors (Lipinski definition) is 4.